The summed E-state index contributed by atoms with van der Waals surface area (Å²) in [6, 6.07) is -3.98. The number of aromatic nitrogens is 3. The van der Waals surface area contributed by atoms with Crippen LogP contribution in [-0.2, 0) is 49.5 Å². The van der Waals surface area contributed by atoms with Gasteiger partial charge in [0.1, 0.15) is 35.6 Å². The molecule has 2 saturated heterocycles. The predicted octanol–water partition coefficient (Wildman–Crippen LogP) is 2.78. The molecule has 6 unspecified atom stereocenters. The van der Waals surface area contributed by atoms with Gasteiger partial charge in [0.25, 0.3) is 0 Å². The van der Waals surface area contributed by atoms with Crippen LogP contribution >= 0.6 is 0 Å². The molecule has 20 heteroatoms. The minimum Gasteiger partial charge on any atom is -0.356 e. The molecule has 4 heterocycles. The maximum Gasteiger partial charge on any atom is 0.451 e. The number of alkyl halides is 3. The van der Waals surface area contributed by atoms with Crippen LogP contribution in [0.5, 0.6) is 0 Å². The van der Waals surface area contributed by atoms with Crippen LogP contribution in [0.25, 0.3) is 0 Å². The number of Topliss-reactive ketones (excluding diaryl/α,β-unsaturated/α-hetero) is 1. The highest BCUT2D eigenvalue weighted by atomic mass is 19.4. The van der Waals surface area contributed by atoms with E-state index < -0.39 is 108 Å². The topological polar surface area (TPSA) is 159 Å². The van der Waals surface area contributed by atoms with Crippen LogP contribution in [0.3, 0.4) is 0 Å². The van der Waals surface area contributed by atoms with Crippen molar-refractivity contribution in [1.29, 1.82) is 0 Å². The molecule has 310 valence electrons. The summed E-state index contributed by atoms with van der Waals surface area (Å²) in [7, 11) is 5.62. The van der Waals surface area contributed by atoms with Gasteiger partial charge in [-0.3, -0.25) is 24.0 Å². The average Bonchev–Trinajstić information content (AvgIpc) is 3.92. The summed E-state index contributed by atoms with van der Waals surface area (Å²) in [5.41, 5.74) is -0.339. The molecule has 3 aliphatic rings. The Labute approximate surface area is 327 Å². The first-order valence-electron chi connectivity index (χ1n) is 19.2. The molecule has 0 saturated carbocycles. The second kappa shape index (κ2) is 18.0. The summed E-state index contributed by atoms with van der Waals surface area (Å²) in [4.78, 5) is 71.4. The number of carbonyl (C=O) groups is 5. The second-order valence-corrected chi connectivity index (χ2v) is 15.7. The van der Waals surface area contributed by atoms with Gasteiger partial charge in [0.05, 0.1) is 6.04 Å². The molecule has 3 N–H and O–H groups in total. The SMILES string of the molecule is [B]NC(C(=O)N1CCCC1C(=O)NC(C(=O)N1CCCC1C(=O)NC(CC(=O)C1CCn2c(nnc2C(F)(F)F)C1)Cc1cc(F)c(F)cc1F)C(C)C)C(C)C. The van der Waals surface area contributed by atoms with Gasteiger partial charge in [-0.15, -0.1) is 10.2 Å². The van der Waals surface area contributed by atoms with Gasteiger partial charge in [0.15, 0.2) is 19.6 Å². The number of benzene rings is 1. The minimum atomic E-state index is -4.75. The van der Waals surface area contributed by atoms with E-state index in [0.717, 1.165) is 4.57 Å². The van der Waals surface area contributed by atoms with Crippen molar-refractivity contribution < 1.29 is 50.3 Å². The largest absolute Gasteiger partial charge is 0.451 e. The number of carbonyl (C=O) groups excluding carboxylic acids is 5. The van der Waals surface area contributed by atoms with E-state index in [4.69, 9.17) is 7.98 Å². The van der Waals surface area contributed by atoms with Gasteiger partial charge in [0, 0.05) is 50.5 Å². The summed E-state index contributed by atoms with van der Waals surface area (Å²) in [5.74, 6) is -9.22. The number of hydrogen-bond donors (Lipinski definition) is 3. The van der Waals surface area contributed by atoms with Crippen molar-refractivity contribution in [3.05, 3.63) is 46.8 Å². The Morgan fingerprint density at radius 2 is 1.35 bits per heavy atom. The van der Waals surface area contributed by atoms with E-state index in [1.807, 2.05) is 13.8 Å². The first-order chi connectivity index (χ1) is 26.8. The fourth-order valence-corrected chi connectivity index (χ4v) is 7.96. The molecule has 4 amide bonds. The van der Waals surface area contributed by atoms with Gasteiger partial charge in [-0.1, -0.05) is 27.7 Å². The number of ketones is 1. The Hall–Kier alpha value is -4.49. The second-order valence-electron chi connectivity index (χ2n) is 15.7. The Kier molecular flexibility index (Phi) is 13.8. The number of halogens is 6. The molecule has 13 nitrogen and oxygen atoms in total. The smallest absolute Gasteiger partial charge is 0.356 e. The zero-order valence-electron chi connectivity index (χ0n) is 32.2. The molecular formula is C37H47BF6N8O5. The molecule has 57 heavy (non-hydrogen) atoms. The van der Waals surface area contributed by atoms with Crippen molar-refractivity contribution in [3.63, 3.8) is 0 Å². The molecular weight excluding hydrogens is 761 g/mol. The number of hydrogen-bond acceptors (Lipinski definition) is 8. The number of fused-ring (bicyclic) bond motifs is 1. The maximum atomic E-state index is 14.9. The van der Waals surface area contributed by atoms with E-state index in [9.17, 15) is 50.3 Å². The van der Waals surface area contributed by atoms with Gasteiger partial charge < -0.3 is 30.2 Å². The summed E-state index contributed by atoms with van der Waals surface area (Å²) in [6.07, 6.45) is -4.30. The van der Waals surface area contributed by atoms with Crippen LogP contribution in [-0.4, -0.2) is 105 Å². The van der Waals surface area contributed by atoms with Crippen molar-refractivity contribution >= 4 is 37.4 Å². The van der Waals surface area contributed by atoms with Gasteiger partial charge in [0.2, 0.25) is 29.5 Å². The van der Waals surface area contributed by atoms with Crippen molar-refractivity contribution in [1.82, 2.24) is 40.4 Å². The van der Waals surface area contributed by atoms with Gasteiger partial charge in [-0.2, -0.15) is 13.2 Å². The van der Waals surface area contributed by atoms with E-state index in [0.29, 0.717) is 37.9 Å². The number of nitrogens with zero attached hydrogens (tertiary/aromatic N) is 5. The fraction of sp³-hybridized carbons (Fsp3) is 0.649. The zero-order valence-corrected chi connectivity index (χ0v) is 32.2. The Morgan fingerprint density at radius 1 is 0.789 bits per heavy atom. The van der Waals surface area contributed by atoms with E-state index in [1.165, 1.54) is 9.80 Å². The lowest BCUT2D eigenvalue weighted by Gasteiger charge is -2.34. The lowest BCUT2D eigenvalue weighted by molar-refractivity contribution is -0.148. The third-order valence-electron chi connectivity index (χ3n) is 11.0. The molecule has 1 aromatic heterocycles. The molecule has 0 bridgehead atoms. The van der Waals surface area contributed by atoms with Crippen LogP contribution in [0.2, 0.25) is 0 Å². The first kappa shape index (κ1) is 43.6. The zero-order chi connectivity index (χ0) is 41.9. The van der Waals surface area contributed by atoms with E-state index in [2.05, 4.69) is 26.1 Å². The first-order valence-corrected chi connectivity index (χ1v) is 19.2. The maximum absolute atomic E-state index is 14.9. The average molecular weight is 809 g/mol. The Morgan fingerprint density at radius 3 is 1.91 bits per heavy atom. The molecule has 0 aliphatic carbocycles. The summed E-state index contributed by atoms with van der Waals surface area (Å²) >= 11 is 0. The van der Waals surface area contributed by atoms with Gasteiger partial charge in [-0.25, -0.2) is 13.2 Å². The van der Waals surface area contributed by atoms with Crippen LogP contribution in [0, 0.1) is 35.2 Å². The molecule has 2 radical (unpaired) electrons. The Balaban J connectivity index is 1.31. The molecule has 1 aromatic carbocycles. The molecule has 6 atom stereocenters. The summed E-state index contributed by atoms with van der Waals surface area (Å²) in [5, 5.41) is 14.8. The van der Waals surface area contributed by atoms with Crippen molar-refractivity contribution in [3.8, 4) is 0 Å². The number of nitrogens with one attached hydrogen (secondary N) is 3. The van der Waals surface area contributed by atoms with E-state index >= 15 is 0 Å². The highest BCUT2D eigenvalue weighted by molar-refractivity contribution is 6.07. The lowest BCUT2D eigenvalue weighted by Crippen LogP contribution is -2.59. The number of likely N-dealkylation sites (tertiary alicyclic amines) is 2. The molecule has 2 aromatic rings. The third-order valence-corrected chi connectivity index (χ3v) is 11.0. The lowest BCUT2D eigenvalue weighted by atomic mass is 9.88. The quantitative estimate of drug-likeness (QED) is 0.150. The highest BCUT2D eigenvalue weighted by Gasteiger charge is 2.44. The molecule has 2 fully saturated rings. The number of amides is 4. The Bertz CT molecular complexity index is 1840. The summed E-state index contributed by atoms with van der Waals surface area (Å²) < 4.78 is 83.9. The number of rotatable bonds is 14. The van der Waals surface area contributed by atoms with E-state index in [-0.39, 0.29) is 55.6 Å². The van der Waals surface area contributed by atoms with Crippen LogP contribution in [0.15, 0.2) is 12.1 Å². The summed E-state index contributed by atoms with van der Waals surface area (Å²) in [6.45, 7) is 7.33. The minimum absolute atomic E-state index is 0.00460. The normalized spacial score (nSPS) is 21.4. The van der Waals surface area contributed by atoms with Crippen molar-refractivity contribution in [2.75, 3.05) is 13.1 Å². The van der Waals surface area contributed by atoms with Gasteiger partial charge in [-0.05, 0) is 62.0 Å². The van der Waals surface area contributed by atoms with Crippen LogP contribution in [0.1, 0.15) is 83.4 Å². The molecule has 5 rings (SSSR count). The predicted molar refractivity (Wildman–Crippen MR) is 192 cm³/mol. The monoisotopic (exact) mass is 808 g/mol. The highest BCUT2D eigenvalue weighted by Crippen LogP contribution is 2.32. The third kappa shape index (κ3) is 9.80. The molecule has 3 aliphatic heterocycles. The van der Waals surface area contributed by atoms with Crippen molar-refractivity contribution in [2.45, 2.75) is 122 Å². The van der Waals surface area contributed by atoms with Crippen LogP contribution < -0.4 is 15.9 Å². The van der Waals surface area contributed by atoms with Crippen molar-refractivity contribution in [2.24, 2.45) is 17.8 Å². The fourth-order valence-electron chi connectivity index (χ4n) is 7.96. The standard InChI is InChI=1S/C37H47BF6N8O5/c1-18(2)30(46-33(55)27-8-6-11-51(27)35(57)31(47-38)19(3)4)34(56)50-10-5-7-26(50)32(54)45-22(13-21-14-24(40)25(41)17-23(21)39)16-28(53)20-9-12-52-29(15-20)48-49-36(52)37(42,43)44/h14,17-20,22,26-27,30-31,47H,5-13,15-16H2,1-4H3,(H,45,54)(H,46,55). The molecule has 0 spiro atoms. The van der Waals surface area contributed by atoms with Crippen LogP contribution in [0.4, 0.5) is 26.3 Å². The van der Waals surface area contributed by atoms with E-state index in [1.54, 1.807) is 13.8 Å². The van der Waals surface area contributed by atoms with Gasteiger partial charge >= 0.3 is 6.18 Å².